The van der Waals surface area contributed by atoms with Crippen LogP contribution in [0.4, 0.5) is 5.69 Å². The molecule has 0 aromatic heterocycles. The van der Waals surface area contributed by atoms with Crippen molar-refractivity contribution in [3.63, 3.8) is 0 Å². The standard InChI is InChI=1S/C14H21ClN2O/c1-10(2)11(6-5-9-16)14(18)17-13-8-4-3-7-12(13)15/h3-4,7-8,10-11H,5-6,9,16H2,1-2H3,(H,17,18). The summed E-state index contributed by atoms with van der Waals surface area (Å²) in [5, 5.41) is 3.45. The molecule has 0 bridgehead atoms. The number of anilines is 1. The van der Waals surface area contributed by atoms with Gasteiger partial charge in [-0.3, -0.25) is 4.79 Å². The summed E-state index contributed by atoms with van der Waals surface area (Å²) in [6, 6.07) is 7.26. The highest BCUT2D eigenvalue weighted by atomic mass is 35.5. The van der Waals surface area contributed by atoms with Gasteiger partial charge in [-0.25, -0.2) is 0 Å². The van der Waals surface area contributed by atoms with Crippen LogP contribution in [-0.4, -0.2) is 12.5 Å². The molecular weight excluding hydrogens is 248 g/mol. The van der Waals surface area contributed by atoms with Crippen molar-refractivity contribution in [1.82, 2.24) is 0 Å². The highest BCUT2D eigenvalue weighted by Crippen LogP contribution is 2.24. The van der Waals surface area contributed by atoms with E-state index in [0.717, 1.165) is 12.8 Å². The zero-order valence-corrected chi connectivity index (χ0v) is 11.7. The number of benzene rings is 1. The molecule has 0 radical (unpaired) electrons. The average Bonchev–Trinajstić information content (AvgIpc) is 2.32. The molecule has 100 valence electrons. The number of hydrogen-bond donors (Lipinski definition) is 2. The lowest BCUT2D eigenvalue weighted by molar-refractivity contribution is -0.121. The normalized spacial score (nSPS) is 12.5. The highest BCUT2D eigenvalue weighted by molar-refractivity contribution is 6.33. The van der Waals surface area contributed by atoms with Gasteiger partial charge < -0.3 is 11.1 Å². The molecule has 0 aliphatic carbocycles. The summed E-state index contributed by atoms with van der Waals surface area (Å²) < 4.78 is 0. The van der Waals surface area contributed by atoms with Gasteiger partial charge in [0.1, 0.15) is 0 Å². The molecule has 1 atom stereocenters. The van der Waals surface area contributed by atoms with Gasteiger partial charge in [0.15, 0.2) is 0 Å². The number of hydrogen-bond acceptors (Lipinski definition) is 2. The quantitative estimate of drug-likeness (QED) is 0.832. The second-order valence-corrected chi connectivity index (χ2v) is 5.16. The summed E-state index contributed by atoms with van der Waals surface area (Å²) in [4.78, 5) is 12.2. The predicted molar refractivity (Wildman–Crippen MR) is 76.7 cm³/mol. The van der Waals surface area contributed by atoms with Crippen molar-refractivity contribution in [2.75, 3.05) is 11.9 Å². The van der Waals surface area contributed by atoms with Crippen molar-refractivity contribution in [3.05, 3.63) is 29.3 Å². The Morgan fingerprint density at radius 2 is 2.06 bits per heavy atom. The first-order valence-electron chi connectivity index (χ1n) is 6.31. The Morgan fingerprint density at radius 1 is 1.39 bits per heavy atom. The lowest BCUT2D eigenvalue weighted by Crippen LogP contribution is -2.27. The van der Waals surface area contributed by atoms with Gasteiger partial charge in [-0.1, -0.05) is 37.6 Å². The SMILES string of the molecule is CC(C)C(CCCN)C(=O)Nc1ccccc1Cl. The van der Waals surface area contributed by atoms with Gasteiger partial charge in [-0.05, 0) is 37.4 Å². The molecule has 1 unspecified atom stereocenters. The summed E-state index contributed by atoms with van der Waals surface area (Å²) in [5.74, 6) is 0.287. The third-order valence-electron chi connectivity index (χ3n) is 2.99. The molecule has 3 N–H and O–H groups in total. The highest BCUT2D eigenvalue weighted by Gasteiger charge is 2.22. The molecule has 1 amide bonds. The first-order valence-corrected chi connectivity index (χ1v) is 6.69. The number of carbonyl (C=O) groups is 1. The smallest absolute Gasteiger partial charge is 0.227 e. The summed E-state index contributed by atoms with van der Waals surface area (Å²) in [7, 11) is 0. The first-order chi connectivity index (χ1) is 8.56. The van der Waals surface area contributed by atoms with Crippen molar-refractivity contribution < 1.29 is 4.79 Å². The minimum Gasteiger partial charge on any atom is -0.330 e. The van der Waals surface area contributed by atoms with Crippen LogP contribution in [0.3, 0.4) is 0 Å². The van der Waals surface area contributed by atoms with Crippen LogP contribution in [0.1, 0.15) is 26.7 Å². The molecule has 0 saturated heterocycles. The van der Waals surface area contributed by atoms with Crippen molar-refractivity contribution in [1.29, 1.82) is 0 Å². The number of carbonyl (C=O) groups excluding carboxylic acids is 1. The Bertz CT molecular complexity index is 393. The van der Waals surface area contributed by atoms with Crippen molar-refractivity contribution in [2.45, 2.75) is 26.7 Å². The van der Waals surface area contributed by atoms with Crippen molar-refractivity contribution >= 4 is 23.2 Å². The molecule has 4 heteroatoms. The summed E-state index contributed by atoms with van der Waals surface area (Å²) >= 11 is 6.02. The molecule has 1 aromatic rings. The van der Waals surface area contributed by atoms with Crippen molar-refractivity contribution in [2.24, 2.45) is 17.6 Å². The van der Waals surface area contributed by atoms with E-state index in [2.05, 4.69) is 5.32 Å². The number of nitrogens with one attached hydrogen (secondary N) is 1. The van der Waals surface area contributed by atoms with E-state index in [1.807, 2.05) is 26.0 Å². The number of rotatable bonds is 6. The van der Waals surface area contributed by atoms with Crippen LogP contribution in [0, 0.1) is 11.8 Å². The molecule has 0 aliphatic heterocycles. The van der Waals surface area contributed by atoms with Crippen LogP contribution in [0.25, 0.3) is 0 Å². The van der Waals surface area contributed by atoms with Gasteiger partial charge in [0.25, 0.3) is 0 Å². The van der Waals surface area contributed by atoms with Gasteiger partial charge in [0.05, 0.1) is 10.7 Å². The molecule has 0 spiro atoms. The third kappa shape index (κ3) is 4.31. The fourth-order valence-corrected chi connectivity index (χ4v) is 2.08. The molecule has 1 aromatic carbocycles. The maximum Gasteiger partial charge on any atom is 0.227 e. The molecule has 0 aliphatic rings. The van der Waals surface area contributed by atoms with E-state index in [0.29, 0.717) is 23.2 Å². The van der Waals surface area contributed by atoms with Gasteiger partial charge in [-0.15, -0.1) is 0 Å². The fourth-order valence-electron chi connectivity index (χ4n) is 1.89. The molecule has 0 fully saturated rings. The van der Waals surface area contributed by atoms with Gasteiger partial charge in [0, 0.05) is 5.92 Å². The van der Waals surface area contributed by atoms with Crippen LogP contribution in [0.5, 0.6) is 0 Å². The van der Waals surface area contributed by atoms with Gasteiger partial charge in [0.2, 0.25) is 5.91 Å². The monoisotopic (exact) mass is 268 g/mol. The summed E-state index contributed by atoms with van der Waals surface area (Å²) in [6.07, 6.45) is 1.67. The van der Waals surface area contributed by atoms with E-state index >= 15 is 0 Å². The zero-order valence-electron chi connectivity index (χ0n) is 10.9. The Kier molecular flexibility index (Phi) is 6.16. The summed E-state index contributed by atoms with van der Waals surface area (Å²) in [5.41, 5.74) is 6.17. The Hall–Kier alpha value is -1.06. The van der Waals surface area contributed by atoms with Crippen molar-refractivity contribution in [3.8, 4) is 0 Å². The minimum absolute atomic E-state index is 0.0200. The fraction of sp³-hybridized carbons (Fsp3) is 0.500. The van der Waals surface area contributed by atoms with Gasteiger partial charge in [-0.2, -0.15) is 0 Å². The maximum absolute atomic E-state index is 12.2. The molecule has 3 nitrogen and oxygen atoms in total. The van der Waals surface area contributed by atoms with E-state index < -0.39 is 0 Å². The van der Waals surface area contributed by atoms with Crippen LogP contribution in [0.15, 0.2) is 24.3 Å². The molecule has 0 saturated carbocycles. The zero-order chi connectivity index (χ0) is 13.5. The second kappa shape index (κ2) is 7.39. The Balaban J connectivity index is 2.70. The topological polar surface area (TPSA) is 55.1 Å². The summed E-state index contributed by atoms with van der Waals surface area (Å²) in [6.45, 7) is 4.71. The van der Waals surface area contributed by atoms with Crippen LogP contribution < -0.4 is 11.1 Å². The third-order valence-corrected chi connectivity index (χ3v) is 3.32. The molecule has 0 heterocycles. The van der Waals surface area contributed by atoms with E-state index in [-0.39, 0.29) is 11.8 Å². The van der Waals surface area contributed by atoms with E-state index in [9.17, 15) is 4.79 Å². The lowest BCUT2D eigenvalue weighted by atomic mass is 9.90. The lowest BCUT2D eigenvalue weighted by Gasteiger charge is -2.20. The van der Waals surface area contributed by atoms with Crippen LogP contribution in [0.2, 0.25) is 5.02 Å². The maximum atomic E-state index is 12.2. The Labute approximate surface area is 114 Å². The van der Waals surface area contributed by atoms with Crippen LogP contribution >= 0.6 is 11.6 Å². The predicted octanol–water partition coefficient (Wildman–Crippen LogP) is 3.29. The minimum atomic E-state index is -0.0233. The van der Waals surface area contributed by atoms with E-state index in [1.165, 1.54) is 0 Å². The molecule has 1 rings (SSSR count). The molecular formula is C14H21ClN2O. The number of nitrogens with two attached hydrogens (primary N) is 1. The van der Waals surface area contributed by atoms with E-state index in [4.69, 9.17) is 17.3 Å². The number of para-hydroxylation sites is 1. The number of amides is 1. The number of halogens is 1. The average molecular weight is 269 g/mol. The first kappa shape index (κ1) is 15.0. The largest absolute Gasteiger partial charge is 0.330 e. The van der Waals surface area contributed by atoms with Crippen LogP contribution in [-0.2, 0) is 4.79 Å². The van der Waals surface area contributed by atoms with Gasteiger partial charge >= 0.3 is 0 Å². The van der Waals surface area contributed by atoms with E-state index in [1.54, 1.807) is 12.1 Å². The molecule has 18 heavy (non-hydrogen) atoms. The second-order valence-electron chi connectivity index (χ2n) is 4.75. The Morgan fingerprint density at radius 3 is 2.61 bits per heavy atom.